The summed E-state index contributed by atoms with van der Waals surface area (Å²) >= 11 is 0. The number of hydrogen-bond donors (Lipinski definition) is 2. The first-order chi connectivity index (χ1) is 10.4. The molecule has 6 nitrogen and oxygen atoms in total. The molecule has 0 bridgehead atoms. The van der Waals surface area contributed by atoms with Crippen LogP contribution in [0.15, 0.2) is 10.5 Å². The van der Waals surface area contributed by atoms with Crippen LogP contribution in [0.25, 0.3) is 0 Å². The minimum Gasteiger partial charge on any atom is -0.466 e. The van der Waals surface area contributed by atoms with Crippen LogP contribution in [0, 0.1) is 19.8 Å². The zero-order chi connectivity index (χ0) is 16.3. The molecular weight excluding hydrogens is 282 g/mol. The van der Waals surface area contributed by atoms with Crippen molar-refractivity contribution in [1.29, 1.82) is 0 Å². The van der Waals surface area contributed by atoms with E-state index in [2.05, 4.69) is 5.32 Å². The summed E-state index contributed by atoms with van der Waals surface area (Å²) in [6, 6.07) is 1.74. The number of furan rings is 1. The minimum absolute atomic E-state index is 0.0973. The SMILES string of the molecule is Cc1cc([C@H](C)NC(=O)N2CCC[C@@H](CC(N)=O)C2)c(C)o1. The number of primary amides is 1. The van der Waals surface area contributed by atoms with Crippen LogP contribution < -0.4 is 11.1 Å². The van der Waals surface area contributed by atoms with E-state index in [-0.39, 0.29) is 23.9 Å². The molecule has 0 radical (unpaired) electrons. The van der Waals surface area contributed by atoms with Gasteiger partial charge in [0.25, 0.3) is 0 Å². The van der Waals surface area contributed by atoms with E-state index < -0.39 is 0 Å². The van der Waals surface area contributed by atoms with Crippen molar-refractivity contribution >= 4 is 11.9 Å². The van der Waals surface area contributed by atoms with Crippen LogP contribution in [0.2, 0.25) is 0 Å². The molecule has 1 aliphatic rings. The van der Waals surface area contributed by atoms with Crippen molar-refractivity contribution in [2.75, 3.05) is 13.1 Å². The van der Waals surface area contributed by atoms with Gasteiger partial charge in [-0.15, -0.1) is 0 Å². The zero-order valence-corrected chi connectivity index (χ0v) is 13.5. The van der Waals surface area contributed by atoms with Crippen LogP contribution in [0.5, 0.6) is 0 Å². The summed E-state index contributed by atoms with van der Waals surface area (Å²) in [6.07, 6.45) is 2.20. The first-order valence-electron chi connectivity index (χ1n) is 7.77. The van der Waals surface area contributed by atoms with E-state index in [1.54, 1.807) is 4.90 Å². The lowest BCUT2D eigenvalue weighted by Crippen LogP contribution is -2.46. The summed E-state index contributed by atoms with van der Waals surface area (Å²) in [5.41, 5.74) is 6.25. The molecule has 3 N–H and O–H groups in total. The summed E-state index contributed by atoms with van der Waals surface area (Å²) in [6.45, 7) is 7.04. The second kappa shape index (κ2) is 6.85. The van der Waals surface area contributed by atoms with E-state index in [0.29, 0.717) is 13.0 Å². The third-order valence-corrected chi connectivity index (χ3v) is 4.18. The molecule has 3 amide bonds. The van der Waals surface area contributed by atoms with Gasteiger partial charge in [0, 0.05) is 25.1 Å². The number of piperidine rings is 1. The van der Waals surface area contributed by atoms with Gasteiger partial charge in [-0.2, -0.15) is 0 Å². The first kappa shape index (κ1) is 16.4. The Balaban J connectivity index is 1.93. The van der Waals surface area contributed by atoms with Gasteiger partial charge in [-0.25, -0.2) is 4.79 Å². The third kappa shape index (κ3) is 4.02. The maximum atomic E-state index is 12.4. The largest absolute Gasteiger partial charge is 0.466 e. The van der Waals surface area contributed by atoms with E-state index in [1.165, 1.54) is 0 Å². The van der Waals surface area contributed by atoms with Crippen LogP contribution in [0.1, 0.15) is 49.3 Å². The topological polar surface area (TPSA) is 88.6 Å². The van der Waals surface area contributed by atoms with Gasteiger partial charge in [0.05, 0.1) is 6.04 Å². The second-order valence-electron chi connectivity index (χ2n) is 6.16. The molecule has 0 saturated carbocycles. The van der Waals surface area contributed by atoms with Gasteiger partial charge in [0.1, 0.15) is 11.5 Å². The Morgan fingerprint density at radius 2 is 2.23 bits per heavy atom. The highest BCUT2D eigenvalue weighted by Crippen LogP contribution is 2.23. The second-order valence-corrected chi connectivity index (χ2v) is 6.16. The summed E-state index contributed by atoms with van der Waals surface area (Å²) in [4.78, 5) is 25.2. The Kier molecular flexibility index (Phi) is 5.11. The molecule has 2 heterocycles. The van der Waals surface area contributed by atoms with Crippen molar-refractivity contribution in [2.24, 2.45) is 11.7 Å². The normalized spacial score (nSPS) is 19.8. The predicted octanol–water partition coefficient (Wildman–Crippen LogP) is 2.25. The van der Waals surface area contributed by atoms with Crippen molar-refractivity contribution in [3.8, 4) is 0 Å². The molecule has 0 aromatic carbocycles. The van der Waals surface area contributed by atoms with Crippen LogP contribution in [0.3, 0.4) is 0 Å². The molecule has 1 aromatic heterocycles. The molecule has 1 aromatic rings. The number of nitrogens with zero attached hydrogens (tertiary/aromatic N) is 1. The van der Waals surface area contributed by atoms with E-state index >= 15 is 0 Å². The van der Waals surface area contributed by atoms with Crippen molar-refractivity contribution in [3.05, 3.63) is 23.2 Å². The summed E-state index contributed by atoms with van der Waals surface area (Å²) in [7, 11) is 0. The van der Waals surface area contributed by atoms with Crippen LogP contribution in [-0.4, -0.2) is 29.9 Å². The highest BCUT2D eigenvalue weighted by atomic mass is 16.3. The molecule has 1 fully saturated rings. The highest BCUT2D eigenvalue weighted by molar-refractivity contribution is 5.76. The van der Waals surface area contributed by atoms with Gasteiger partial charge in [0.15, 0.2) is 0 Å². The monoisotopic (exact) mass is 307 g/mol. The van der Waals surface area contributed by atoms with Gasteiger partial charge >= 0.3 is 6.03 Å². The summed E-state index contributed by atoms with van der Waals surface area (Å²) in [5, 5.41) is 3.00. The Morgan fingerprint density at radius 1 is 1.50 bits per heavy atom. The Bertz CT molecular complexity index is 553. The lowest BCUT2D eigenvalue weighted by molar-refractivity contribution is -0.119. The van der Waals surface area contributed by atoms with Crippen LogP contribution in [0.4, 0.5) is 4.79 Å². The highest BCUT2D eigenvalue weighted by Gasteiger charge is 2.26. The number of hydrogen-bond acceptors (Lipinski definition) is 3. The van der Waals surface area contributed by atoms with Crippen LogP contribution in [-0.2, 0) is 4.79 Å². The number of nitrogens with one attached hydrogen (secondary N) is 1. The number of amides is 3. The first-order valence-corrected chi connectivity index (χ1v) is 7.77. The lowest BCUT2D eigenvalue weighted by Gasteiger charge is -2.33. The van der Waals surface area contributed by atoms with Crippen molar-refractivity contribution in [3.63, 3.8) is 0 Å². The number of carbonyl (C=O) groups excluding carboxylic acids is 2. The van der Waals surface area contributed by atoms with Crippen LogP contribution >= 0.6 is 0 Å². The van der Waals surface area contributed by atoms with Gasteiger partial charge in [0.2, 0.25) is 5.91 Å². The molecule has 2 rings (SSSR count). The molecule has 1 aliphatic heterocycles. The molecule has 0 unspecified atom stereocenters. The number of urea groups is 1. The molecule has 122 valence electrons. The van der Waals surface area contributed by atoms with Crippen molar-refractivity contribution < 1.29 is 14.0 Å². The standard InChI is InChI=1S/C16H25N3O3/c1-10-7-14(12(3)22-10)11(2)18-16(21)19-6-4-5-13(9-19)8-15(17)20/h7,11,13H,4-6,8-9H2,1-3H3,(H2,17,20)(H,18,21)/t11-,13-/m0/s1. The molecule has 22 heavy (non-hydrogen) atoms. The average molecular weight is 307 g/mol. The van der Waals surface area contributed by atoms with E-state index in [1.807, 2.05) is 26.8 Å². The maximum Gasteiger partial charge on any atom is 0.317 e. The van der Waals surface area contributed by atoms with E-state index in [4.69, 9.17) is 10.2 Å². The maximum absolute atomic E-state index is 12.4. The van der Waals surface area contributed by atoms with E-state index in [9.17, 15) is 9.59 Å². The van der Waals surface area contributed by atoms with Crippen molar-refractivity contribution in [1.82, 2.24) is 10.2 Å². The fourth-order valence-electron chi connectivity index (χ4n) is 3.14. The Hall–Kier alpha value is -1.98. The average Bonchev–Trinajstić information content (AvgIpc) is 2.77. The Morgan fingerprint density at radius 3 is 2.82 bits per heavy atom. The molecule has 0 aliphatic carbocycles. The van der Waals surface area contributed by atoms with E-state index in [0.717, 1.165) is 36.5 Å². The molecule has 2 atom stereocenters. The fourth-order valence-corrected chi connectivity index (χ4v) is 3.14. The molecular formula is C16H25N3O3. The van der Waals surface area contributed by atoms with Gasteiger partial charge in [-0.1, -0.05) is 0 Å². The molecule has 0 spiro atoms. The number of rotatable bonds is 4. The van der Waals surface area contributed by atoms with Gasteiger partial charge < -0.3 is 20.4 Å². The lowest BCUT2D eigenvalue weighted by atomic mass is 9.95. The third-order valence-electron chi connectivity index (χ3n) is 4.18. The predicted molar refractivity (Wildman–Crippen MR) is 83.2 cm³/mol. The summed E-state index contributed by atoms with van der Waals surface area (Å²) in [5.74, 6) is 1.54. The molecule has 1 saturated heterocycles. The minimum atomic E-state index is -0.301. The summed E-state index contributed by atoms with van der Waals surface area (Å²) < 4.78 is 5.51. The fraction of sp³-hybridized carbons (Fsp3) is 0.625. The smallest absolute Gasteiger partial charge is 0.317 e. The van der Waals surface area contributed by atoms with Gasteiger partial charge in [-0.05, 0) is 45.6 Å². The number of carbonyl (C=O) groups is 2. The number of likely N-dealkylation sites (tertiary alicyclic amines) is 1. The number of aryl methyl sites for hydroxylation is 2. The molecule has 6 heteroatoms. The quantitative estimate of drug-likeness (QED) is 0.894. The zero-order valence-electron chi connectivity index (χ0n) is 13.5. The Labute approximate surface area is 131 Å². The van der Waals surface area contributed by atoms with Gasteiger partial charge in [-0.3, -0.25) is 4.79 Å². The number of nitrogens with two attached hydrogens (primary N) is 1. The van der Waals surface area contributed by atoms with Crippen molar-refractivity contribution in [2.45, 2.75) is 46.1 Å².